The first-order valence-corrected chi connectivity index (χ1v) is 10.3. The Morgan fingerprint density at radius 3 is 2.29 bits per heavy atom. The summed E-state index contributed by atoms with van der Waals surface area (Å²) >= 11 is 1.37. The summed E-state index contributed by atoms with van der Waals surface area (Å²) in [6.07, 6.45) is 7.35. The van der Waals surface area contributed by atoms with E-state index >= 15 is 0 Å². The molecule has 1 N–H and O–H groups in total. The van der Waals surface area contributed by atoms with Gasteiger partial charge in [0.2, 0.25) is 5.12 Å². The molecule has 4 aliphatic rings. The Kier molecular flexibility index (Phi) is 3.76. The molecule has 4 saturated carbocycles. The van der Waals surface area contributed by atoms with Gasteiger partial charge in [-0.3, -0.25) is 9.69 Å². The number of carbonyl (C=O) groups excluding carboxylic acids is 1. The Morgan fingerprint density at radius 2 is 1.67 bits per heavy atom. The molecule has 1 aromatic carbocycles. The summed E-state index contributed by atoms with van der Waals surface area (Å²) in [5.41, 5.74) is 0.753. The van der Waals surface area contributed by atoms with Gasteiger partial charge in [0.05, 0.1) is 6.10 Å². The Balaban J connectivity index is 1.25. The summed E-state index contributed by atoms with van der Waals surface area (Å²) < 4.78 is 0. The molecule has 5 atom stereocenters. The molecule has 0 aliphatic heterocycles. The van der Waals surface area contributed by atoms with Crippen molar-refractivity contribution in [2.24, 2.45) is 11.8 Å². The van der Waals surface area contributed by atoms with E-state index in [0.717, 1.165) is 30.5 Å². The van der Waals surface area contributed by atoms with Gasteiger partial charge in [0.1, 0.15) is 0 Å². The van der Waals surface area contributed by atoms with Crippen LogP contribution in [0.4, 0.5) is 0 Å². The lowest BCUT2D eigenvalue weighted by atomic mass is 9.70. The molecule has 1 aromatic rings. The van der Waals surface area contributed by atoms with Gasteiger partial charge in [-0.05, 0) is 50.4 Å². The van der Waals surface area contributed by atoms with E-state index in [2.05, 4.69) is 4.90 Å². The minimum atomic E-state index is -0.302. The van der Waals surface area contributed by atoms with Crippen LogP contribution < -0.4 is 0 Å². The average Bonchev–Trinajstić information content (AvgIpc) is 3.48. The fourth-order valence-corrected chi connectivity index (χ4v) is 6.16. The molecule has 0 saturated heterocycles. The second kappa shape index (κ2) is 5.86. The second-order valence-electron chi connectivity index (χ2n) is 8.08. The van der Waals surface area contributed by atoms with Gasteiger partial charge < -0.3 is 5.11 Å². The van der Waals surface area contributed by atoms with Crippen molar-refractivity contribution in [3.8, 4) is 0 Å². The van der Waals surface area contributed by atoms with Crippen molar-refractivity contribution in [2.75, 3.05) is 0 Å². The summed E-state index contributed by atoms with van der Waals surface area (Å²) in [5.74, 6) is 1.04. The smallest absolute Gasteiger partial charge is 0.219 e. The van der Waals surface area contributed by atoms with Gasteiger partial charge in [0.15, 0.2) is 0 Å². The first kappa shape index (κ1) is 15.4. The molecule has 0 heterocycles. The van der Waals surface area contributed by atoms with Crippen LogP contribution in [0.2, 0.25) is 0 Å². The van der Waals surface area contributed by atoms with Crippen LogP contribution in [-0.2, 0) is 0 Å². The van der Waals surface area contributed by atoms with Crippen molar-refractivity contribution >= 4 is 16.9 Å². The van der Waals surface area contributed by atoms with Gasteiger partial charge in [0.25, 0.3) is 0 Å². The summed E-state index contributed by atoms with van der Waals surface area (Å²) in [7, 11) is 0. The standard InChI is InChI=1S/C20H25NO2S/c22-19-16-10-17(21(13-6-7-13)14-8-9-14)15(16)11-18(19)24-20(23)12-4-2-1-3-5-12/h1-5,13-19,22H,6-11H2. The quantitative estimate of drug-likeness (QED) is 0.890. The van der Waals surface area contributed by atoms with E-state index in [-0.39, 0.29) is 16.5 Å². The van der Waals surface area contributed by atoms with E-state index in [1.165, 1.54) is 37.4 Å². The fraction of sp³-hybridized carbons (Fsp3) is 0.650. The summed E-state index contributed by atoms with van der Waals surface area (Å²) in [4.78, 5) is 15.3. The lowest BCUT2D eigenvalue weighted by Crippen LogP contribution is -2.54. The highest BCUT2D eigenvalue weighted by Gasteiger charge is 2.58. The largest absolute Gasteiger partial charge is 0.392 e. The molecule has 3 nitrogen and oxygen atoms in total. The Morgan fingerprint density at radius 1 is 1.00 bits per heavy atom. The number of hydrogen-bond donors (Lipinski definition) is 1. The number of aliphatic hydroxyl groups is 1. The van der Waals surface area contributed by atoms with E-state index in [9.17, 15) is 9.90 Å². The molecule has 4 fully saturated rings. The molecule has 0 spiro atoms. The molecule has 0 aromatic heterocycles. The van der Waals surface area contributed by atoms with Crippen molar-refractivity contribution < 1.29 is 9.90 Å². The van der Waals surface area contributed by atoms with Crippen LogP contribution >= 0.6 is 11.8 Å². The van der Waals surface area contributed by atoms with Crippen LogP contribution in [0.25, 0.3) is 0 Å². The third-order valence-corrected chi connectivity index (χ3v) is 7.69. The lowest BCUT2D eigenvalue weighted by Gasteiger charge is -2.48. The normalized spacial score (nSPS) is 38.0. The predicted octanol–water partition coefficient (Wildman–Crippen LogP) is 3.32. The minimum absolute atomic E-state index is 0.0814. The van der Waals surface area contributed by atoms with E-state index in [1.807, 2.05) is 30.3 Å². The fourth-order valence-electron chi connectivity index (χ4n) is 4.95. The third-order valence-electron chi connectivity index (χ3n) is 6.47. The van der Waals surface area contributed by atoms with Gasteiger partial charge in [0, 0.05) is 28.9 Å². The van der Waals surface area contributed by atoms with E-state index in [0.29, 0.717) is 17.9 Å². The van der Waals surface area contributed by atoms with Gasteiger partial charge in [-0.1, -0.05) is 42.1 Å². The molecule has 4 aliphatic carbocycles. The molecule has 0 amide bonds. The molecular weight excluding hydrogens is 318 g/mol. The number of fused-ring (bicyclic) bond motifs is 1. The molecule has 5 rings (SSSR count). The van der Waals surface area contributed by atoms with E-state index in [4.69, 9.17) is 0 Å². The van der Waals surface area contributed by atoms with Crippen molar-refractivity contribution in [3.63, 3.8) is 0 Å². The lowest BCUT2D eigenvalue weighted by molar-refractivity contribution is -0.0291. The van der Waals surface area contributed by atoms with Gasteiger partial charge >= 0.3 is 0 Å². The Labute approximate surface area is 147 Å². The van der Waals surface area contributed by atoms with Crippen molar-refractivity contribution in [1.29, 1.82) is 0 Å². The maximum absolute atomic E-state index is 12.5. The summed E-state index contributed by atoms with van der Waals surface area (Å²) in [5, 5.41) is 10.9. The maximum atomic E-state index is 12.5. The maximum Gasteiger partial charge on any atom is 0.219 e. The molecular formula is C20H25NO2S. The molecule has 0 radical (unpaired) electrons. The zero-order valence-corrected chi connectivity index (χ0v) is 14.7. The summed E-state index contributed by atoms with van der Waals surface area (Å²) in [6.45, 7) is 0. The topological polar surface area (TPSA) is 40.5 Å². The number of aliphatic hydroxyl groups excluding tert-OH is 1. The third kappa shape index (κ3) is 2.63. The van der Waals surface area contributed by atoms with Crippen molar-refractivity contribution in [2.45, 2.75) is 68.0 Å². The molecule has 5 unspecified atom stereocenters. The van der Waals surface area contributed by atoms with Crippen LogP contribution in [0.1, 0.15) is 48.9 Å². The van der Waals surface area contributed by atoms with Crippen LogP contribution in [0.5, 0.6) is 0 Å². The Hall–Kier alpha value is -0.840. The van der Waals surface area contributed by atoms with Crippen LogP contribution in [-0.4, -0.2) is 44.6 Å². The zero-order valence-electron chi connectivity index (χ0n) is 13.9. The SMILES string of the molecule is O=C(SC1CC2C(CC2N(C2CC2)C2CC2)C1O)c1ccccc1. The number of benzene rings is 1. The highest BCUT2D eigenvalue weighted by molar-refractivity contribution is 8.14. The number of carbonyl (C=O) groups is 1. The monoisotopic (exact) mass is 343 g/mol. The van der Waals surface area contributed by atoms with Crippen LogP contribution in [0.15, 0.2) is 30.3 Å². The van der Waals surface area contributed by atoms with Crippen LogP contribution in [0, 0.1) is 11.8 Å². The number of hydrogen-bond acceptors (Lipinski definition) is 4. The molecule has 4 heteroatoms. The average molecular weight is 343 g/mol. The predicted molar refractivity (Wildman–Crippen MR) is 96.0 cm³/mol. The first-order valence-electron chi connectivity index (χ1n) is 9.44. The summed E-state index contributed by atoms with van der Waals surface area (Å²) in [6, 6.07) is 11.8. The van der Waals surface area contributed by atoms with Crippen LogP contribution in [0.3, 0.4) is 0 Å². The number of rotatable bonds is 5. The van der Waals surface area contributed by atoms with Gasteiger partial charge in [-0.2, -0.15) is 0 Å². The molecule has 0 bridgehead atoms. The van der Waals surface area contributed by atoms with Gasteiger partial charge in [-0.15, -0.1) is 0 Å². The van der Waals surface area contributed by atoms with Gasteiger partial charge in [-0.25, -0.2) is 0 Å². The second-order valence-corrected chi connectivity index (χ2v) is 9.29. The van der Waals surface area contributed by atoms with E-state index < -0.39 is 0 Å². The molecule has 128 valence electrons. The Bertz CT molecular complexity index is 616. The number of nitrogens with zero attached hydrogens (tertiary/aromatic N) is 1. The van der Waals surface area contributed by atoms with Crippen molar-refractivity contribution in [1.82, 2.24) is 4.90 Å². The highest BCUT2D eigenvalue weighted by Crippen LogP contribution is 2.56. The highest BCUT2D eigenvalue weighted by atomic mass is 32.2. The minimum Gasteiger partial charge on any atom is -0.392 e. The zero-order chi connectivity index (χ0) is 16.3. The molecule has 24 heavy (non-hydrogen) atoms. The first-order chi connectivity index (χ1) is 11.7. The van der Waals surface area contributed by atoms with Crippen molar-refractivity contribution in [3.05, 3.63) is 35.9 Å². The number of thioether (sulfide) groups is 1. The van der Waals surface area contributed by atoms with E-state index in [1.54, 1.807) is 0 Å².